The first-order valence-corrected chi connectivity index (χ1v) is 7.00. The van der Waals surface area contributed by atoms with Gasteiger partial charge in [-0.25, -0.2) is 0 Å². The van der Waals surface area contributed by atoms with Gasteiger partial charge in [-0.05, 0) is 18.4 Å². The van der Waals surface area contributed by atoms with Gasteiger partial charge in [0, 0.05) is 36.6 Å². The summed E-state index contributed by atoms with van der Waals surface area (Å²) in [6, 6.07) is 1.77. The number of hydrogen-bond acceptors (Lipinski definition) is 4. The number of pyridine rings is 1. The molecular weight excluding hydrogens is 268 g/mol. The zero-order valence-corrected chi connectivity index (χ0v) is 12.3. The van der Waals surface area contributed by atoms with Crippen LogP contribution in [0.25, 0.3) is 0 Å². The third kappa shape index (κ3) is 2.51. The smallest absolute Gasteiger partial charge is 0.184 e. The molecule has 0 aliphatic heterocycles. The number of nitrogens with zero attached hydrogens (tertiary/aromatic N) is 2. The van der Waals surface area contributed by atoms with Gasteiger partial charge in [-0.3, -0.25) is 9.78 Å². The SMILES string of the molecule is COc1ccnc(Cn2cc3c(c2)C(=O)CCC3)c1OC. The number of carbonyl (C=O) groups excluding carboxylic acids is 1. The lowest BCUT2D eigenvalue weighted by atomic mass is 9.95. The fraction of sp³-hybridized carbons (Fsp3) is 0.375. The molecule has 0 radical (unpaired) electrons. The molecule has 1 aliphatic rings. The van der Waals surface area contributed by atoms with Crippen LogP contribution in [0.5, 0.6) is 11.5 Å². The summed E-state index contributed by atoms with van der Waals surface area (Å²) in [5, 5.41) is 0. The molecule has 0 atom stereocenters. The van der Waals surface area contributed by atoms with Crippen LogP contribution in [0.3, 0.4) is 0 Å². The van der Waals surface area contributed by atoms with Crippen molar-refractivity contribution in [2.45, 2.75) is 25.8 Å². The van der Waals surface area contributed by atoms with Crippen LogP contribution in [0, 0.1) is 0 Å². The van der Waals surface area contributed by atoms with E-state index in [1.54, 1.807) is 26.5 Å². The minimum absolute atomic E-state index is 0.237. The van der Waals surface area contributed by atoms with Crippen molar-refractivity contribution in [3.05, 3.63) is 41.5 Å². The summed E-state index contributed by atoms with van der Waals surface area (Å²) in [7, 11) is 3.21. The number of aromatic nitrogens is 2. The van der Waals surface area contributed by atoms with Gasteiger partial charge in [0.25, 0.3) is 0 Å². The Morgan fingerprint density at radius 3 is 2.81 bits per heavy atom. The van der Waals surface area contributed by atoms with Crippen LogP contribution >= 0.6 is 0 Å². The number of rotatable bonds is 4. The Labute approximate surface area is 123 Å². The van der Waals surface area contributed by atoms with Crippen LogP contribution in [0.1, 0.15) is 34.5 Å². The van der Waals surface area contributed by atoms with Gasteiger partial charge in [0.1, 0.15) is 5.69 Å². The van der Waals surface area contributed by atoms with Crippen molar-refractivity contribution in [2.75, 3.05) is 14.2 Å². The number of Topliss-reactive ketones (excluding diaryl/α,β-unsaturated/α-hetero) is 1. The Morgan fingerprint density at radius 1 is 1.24 bits per heavy atom. The third-order valence-electron chi connectivity index (χ3n) is 3.81. The van der Waals surface area contributed by atoms with Crippen LogP contribution in [-0.2, 0) is 13.0 Å². The lowest BCUT2D eigenvalue weighted by molar-refractivity contribution is 0.0973. The van der Waals surface area contributed by atoms with E-state index in [2.05, 4.69) is 4.98 Å². The van der Waals surface area contributed by atoms with Gasteiger partial charge in [-0.15, -0.1) is 0 Å². The molecule has 0 spiro atoms. The molecule has 21 heavy (non-hydrogen) atoms. The maximum Gasteiger partial charge on any atom is 0.184 e. The Morgan fingerprint density at radius 2 is 2.10 bits per heavy atom. The molecule has 110 valence electrons. The molecule has 1 aliphatic carbocycles. The summed E-state index contributed by atoms with van der Waals surface area (Å²) in [6.07, 6.45) is 8.21. The summed E-state index contributed by atoms with van der Waals surface area (Å²) in [5.41, 5.74) is 2.77. The molecule has 5 nitrogen and oxygen atoms in total. The molecule has 5 heteroatoms. The zero-order valence-electron chi connectivity index (χ0n) is 12.3. The first-order valence-electron chi connectivity index (χ1n) is 7.00. The largest absolute Gasteiger partial charge is 0.493 e. The highest BCUT2D eigenvalue weighted by Crippen LogP contribution is 2.30. The summed E-state index contributed by atoms with van der Waals surface area (Å²) in [4.78, 5) is 16.3. The fourth-order valence-electron chi connectivity index (χ4n) is 2.81. The average Bonchev–Trinajstić information content (AvgIpc) is 2.91. The molecular formula is C16H18N2O3. The molecule has 0 aromatic carbocycles. The van der Waals surface area contributed by atoms with Crippen molar-refractivity contribution >= 4 is 5.78 Å². The van der Waals surface area contributed by atoms with E-state index in [1.165, 1.54) is 0 Å². The highest BCUT2D eigenvalue weighted by atomic mass is 16.5. The van der Waals surface area contributed by atoms with E-state index in [1.807, 2.05) is 17.0 Å². The van der Waals surface area contributed by atoms with Gasteiger partial charge in [-0.1, -0.05) is 0 Å². The minimum atomic E-state index is 0.237. The van der Waals surface area contributed by atoms with Crippen molar-refractivity contribution in [3.8, 4) is 11.5 Å². The highest BCUT2D eigenvalue weighted by molar-refractivity contribution is 5.98. The minimum Gasteiger partial charge on any atom is -0.493 e. The molecule has 0 unspecified atom stereocenters. The van der Waals surface area contributed by atoms with E-state index in [-0.39, 0.29) is 5.78 Å². The number of methoxy groups -OCH3 is 2. The molecule has 2 aromatic heterocycles. The quantitative estimate of drug-likeness (QED) is 0.866. The van der Waals surface area contributed by atoms with E-state index >= 15 is 0 Å². The molecule has 3 rings (SSSR count). The van der Waals surface area contributed by atoms with Crippen LogP contribution < -0.4 is 9.47 Å². The molecule has 0 amide bonds. The highest BCUT2D eigenvalue weighted by Gasteiger charge is 2.20. The number of ether oxygens (including phenoxy) is 2. The fourth-order valence-corrected chi connectivity index (χ4v) is 2.81. The topological polar surface area (TPSA) is 53.4 Å². The number of ketones is 1. The normalized spacial score (nSPS) is 13.9. The number of fused-ring (bicyclic) bond motifs is 1. The van der Waals surface area contributed by atoms with Crippen molar-refractivity contribution in [3.63, 3.8) is 0 Å². The molecule has 0 fully saturated rings. The molecule has 0 bridgehead atoms. The zero-order chi connectivity index (χ0) is 14.8. The number of hydrogen-bond donors (Lipinski definition) is 0. The average molecular weight is 286 g/mol. The second-order valence-corrected chi connectivity index (χ2v) is 5.14. The van der Waals surface area contributed by atoms with E-state index in [0.717, 1.165) is 29.7 Å². The van der Waals surface area contributed by atoms with Crippen LogP contribution in [-0.4, -0.2) is 29.6 Å². The van der Waals surface area contributed by atoms with Crippen molar-refractivity contribution in [1.29, 1.82) is 0 Å². The van der Waals surface area contributed by atoms with Gasteiger partial charge < -0.3 is 14.0 Å². The number of carbonyl (C=O) groups is 1. The van der Waals surface area contributed by atoms with Crippen LogP contribution in [0.4, 0.5) is 0 Å². The van der Waals surface area contributed by atoms with Gasteiger partial charge in [0.15, 0.2) is 17.3 Å². The third-order valence-corrected chi connectivity index (χ3v) is 3.81. The van der Waals surface area contributed by atoms with Gasteiger partial charge >= 0.3 is 0 Å². The van der Waals surface area contributed by atoms with Gasteiger partial charge in [0.05, 0.1) is 20.8 Å². The van der Waals surface area contributed by atoms with E-state index in [9.17, 15) is 4.79 Å². The second kappa shape index (κ2) is 5.60. The Hall–Kier alpha value is -2.30. The molecule has 0 N–H and O–H groups in total. The predicted molar refractivity (Wildman–Crippen MR) is 78.1 cm³/mol. The van der Waals surface area contributed by atoms with E-state index in [4.69, 9.17) is 9.47 Å². The first-order chi connectivity index (χ1) is 10.2. The summed E-state index contributed by atoms with van der Waals surface area (Å²) in [5.74, 6) is 1.54. The van der Waals surface area contributed by atoms with Crippen LogP contribution in [0.2, 0.25) is 0 Å². The monoisotopic (exact) mass is 286 g/mol. The lowest BCUT2D eigenvalue weighted by Gasteiger charge is -2.11. The Kier molecular flexibility index (Phi) is 3.64. The molecule has 2 heterocycles. The summed E-state index contributed by atoms with van der Waals surface area (Å²) < 4.78 is 12.7. The standard InChI is InChI=1S/C16H18N2O3/c1-20-15-6-7-17-13(16(15)21-2)10-18-8-11-4-3-5-14(19)12(11)9-18/h6-9H,3-5,10H2,1-2H3. The van der Waals surface area contributed by atoms with Crippen molar-refractivity contribution in [2.24, 2.45) is 0 Å². The van der Waals surface area contributed by atoms with E-state index in [0.29, 0.717) is 24.5 Å². The predicted octanol–water partition coefficient (Wildman–Crippen LogP) is 2.47. The summed E-state index contributed by atoms with van der Waals surface area (Å²) >= 11 is 0. The number of aryl methyl sites for hydroxylation is 1. The Bertz CT molecular complexity index is 676. The van der Waals surface area contributed by atoms with E-state index < -0.39 is 0 Å². The Balaban J connectivity index is 1.92. The molecule has 0 saturated heterocycles. The summed E-state index contributed by atoms with van der Waals surface area (Å²) in [6.45, 7) is 0.556. The van der Waals surface area contributed by atoms with Crippen molar-refractivity contribution < 1.29 is 14.3 Å². The lowest BCUT2D eigenvalue weighted by Crippen LogP contribution is -2.07. The van der Waals surface area contributed by atoms with Crippen LogP contribution in [0.15, 0.2) is 24.7 Å². The molecule has 2 aromatic rings. The van der Waals surface area contributed by atoms with Gasteiger partial charge in [-0.2, -0.15) is 0 Å². The van der Waals surface area contributed by atoms with Gasteiger partial charge in [0.2, 0.25) is 0 Å². The second-order valence-electron chi connectivity index (χ2n) is 5.14. The molecule has 0 saturated carbocycles. The van der Waals surface area contributed by atoms with Crippen molar-refractivity contribution in [1.82, 2.24) is 9.55 Å². The maximum atomic E-state index is 11.9. The maximum absolute atomic E-state index is 11.9. The first kappa shape index (κ1) is 13.7.